The molecule has 0 aliphatic rings. The Balaban J connectivity index is 0.00000147. The SMILES string of the molecule is Cl.NCCCc1noc2ccc(-c3ccccc3)cc12. The lowest BCUT2D eigenvalue weighted by Crippen LogP contribution is -2.00. The van der Waals surface area contributed by atoms with Crippen molar-refractivity contribution >= 4 is 23.4 Å². The molecule has 0 spiro atoms. The summed E-state index contributed by atoms with van der Waals surface area (Å²) >= 11 is 0. The first kappa shape index (κ1) is 14.6. The van der Waals surface area contributed by atoms with Gasteiger partial charge in [0.05, 0.1) is 5.69 Å². The molecule has 20 heavy (non-hydrogen) atoms. The van der Waals surface area contributed by atoms with Crippen LogP contribution in [0.3, 0.4) is 0 Å². The van der Waals surface area contributed by atoms with Crippen molar-refractivity contribution < 1.29 is 4.52 Å². The van der Waals surface area contributed by atoms with E-state index >= 15 is 0 Å². The summed E-state index contributed by atoms with van der Waals surface area (Å²) in [6.45, 7) is 0.673. The van der Waals surface area contributed by atoms with Crippen LogP contribution >= 0.6 is 12.4 Å². The molecule has 0 fully saturated rings. The maximum Gasteiger partial charge on any atom is 0.167 e. The maximum absolute atomic E-state index is 5.55. The van der Waals surface area contributed by atoms with Gasteiger partial charge in [-0.3, -0.25) is 0 Å². The summed E-state index contributed by atoms with van der Waals surface area (Å²) in [6.07, 6.45) is 1.79. The van der Waals surface area contributed by atoms with E-state index in [1.165, 1.54) is 11.1 Å². The number of hydrogen-bond acceptors (Lipinski definition) is 3. The molecule has 0 aliphatic heterocycles. The Kier molecular flexibility index (Phi) is 4.77. The van der Waals surface area contributed by atoms with E-state index in [1.54, 1.807) is 0 Å². The Hall–Kier alpha value is -1.84. The molecule has 0 amide bonds. The Labute approximate surface area is 124 Å². The molecule has 0 aliphatic carbocycles. The molecule has 0 radical (unpaired) electrons. The summed E-state index contributed by atoms with van der Waals surface area (Å²) in [5.74, 6) is 0. The summed E-state index contributed by atoms with van der Waals surface area (Å²) < 4.78 is 5.35. The number of hydrogen-bond donors (Lipinski definition) is 1. The van der Waals surface area contributed by atoms with Crippen molar-refractivity contribution in [2.75, 3.05) is 6.54 Å². The highest BCUT2D eigenvalue weighted by Crippen LogP contribution is 2.26. The normalized spacial score (nSPS) is 10.4. The van der Waals surface area contributed by atoms with Crippen molar-refractivity contribution in [2.45, 2.75) is 12.8 Å². The molecule has 0 saturated carbocycles. The van der Waals surface area contributed by atoms with Crippen LogP contribution in [0.5, 0.6) is 0 Å². The van der Waals surface area contributed by atoms with Gasteiger partial charge in [0.2, 0.25) is 0 Å². The molecular formula is C16H17ClN2O. The predicted molar refractivity (Wildman–Crippen MR) is 84.1 cm³/mol. The van der Waals surface area contributed by atoms with Gasteiger partial charge >= 0.3 is 0 Å². The van der Waals surface area contributed by atoms with Crippen molar-refractivity contribution in [2.24, 2.45) is 5.73 Å². The molecule has 0 bridgehead atoms. The lowest BCUT2D eigenvalue weighted by atomic mass is 10.0. The first-order chi connectivity index (χ1) is 9.38. The van der Waals surface area contributed by atoms with Gasteiger partial charge in [-0.2, -0.15) is 0 Å². The molecule has 3 aromatic rings. The van der Waals surface area contributed by atoms with Gasteiger partial charge in [0.15, 0.2) is 5.58 Å². The summed E-state index contributed by atoms with van der Waals surface area (Å²) in [4.78, 5) is 0. The van der Waals surface area contributed by atoms with E-state index in [2.05, 4.69) is 29.4 Å². The van der Waals surface area contributed by atoms with E-state index in [0.29, 0.717) is 6.54 Å². The largest absolute Gasteiger partial charge is 0.356 e. The lowest BCUT2D eigenvalue weighted by molar-refractivity contribution is 0.445. The van der Waals surface area contributed by atoms with Crippen LogP contribution in [0.2, 0.25) is 0 Å². The van der Waals surface area contributed by atoms with E-state index in [1.807, 2.05) is 24.3 Å². The van der Waals surface area contributed by atoms with E-state index < -0.39 is 0 Å². The van der Waals surface area contributed by atoms with Gasteiger partial charge in [-0.05, 0) is 42.6 Å². The zero-order valence-electron chi connectivity index (χ0n) is 11.1. The number of fused-ring (bicyclic) bond motifs is 1. The molecule has 2 N–H and O–H groups in total. The molecular weight excluding hydrogens is 272 g/mol. The van der Waals surface area contributed by atoms with Crippen molar-refractivity contribution in [3.05, 3.63) is 54.2 Å². The molecule has 0 atom stereocenters. The maximum atomic E-state index is 5.55. The third-order valence-corrected chi connectivity index (χ3v) is 3.27. The summed E-state index contributed by atoms with van der Waals surface area (Å²) in [5.41, 5.74) is 9.78. The van der Waals surface area contributed by atoms with Crippen LogP contribution in [0.25, 0.3) is 22.1 Å². The molecule has 1 heterocycles. The van der Waals surface area contributed by atoms with Crippen molar-refractivity contribution in [3.63, 3.8) is 0 Å². The third-order valence-electron chi connectivity index (χ3n) is 3.27. The zero-order chi connectivity index (χ0) is 13.1. The van der Waals surface area contributed by atoms with Gasteiger partial charge in [0.1, 0.15) is 0 Å². The standard InChI is InChI=1S/C16H16N2O.ClH/c17-10-4-7-15-14-11-13(8-9-16(14)19-18-15)12-5-2-1-3-6-12;/h1-3,5-6,8-9,11H,4,7,10,17H2;1H. The van der Waals surface area contributed by atoms with Crippen LogP contribution in [-0.4, -0.2) is 11.7 Å². The average molecular weight is 289 g/mol. The molecule has 1 aromatic heterocycles. The molecule has 3 rings (SSSR count). The Morgan fingerprint density at radius 2 is 1.80 bits per heavy atom. The molecule has 0 saturated heterocycles. The highest BCUT2D eigenvalue weighted by molar-refractivity contribution is 5.85. The number of halogens is 1. The molecule has 4 heteroatoms. The van der Waals surface area contributed by atoms with Gasteiger partial charge in [0.25, 0.3) is 0 Å². The first-order valence-electron chi connectivity index (χ1n) is 6.52. The van der Waals surface area contributed by atoms with Crippen molar-refractivity contribution in [1.82, 2.24) is 5.16 Å². The Morgan fingerprint density at radius 1 is 1.00 bits per heavy atom. The Morgan fingerprint density at radius 3 is 2.55 bits per heavy atom. The second-order valence-corrected chi connectivity index (χ2v) is 4.60. The summed E-state index contributed by atoms with van der Waals surface area (Å²) in [7, 11) is 0. The quantitative estimate of drug-likeness (QED) is 0.794. The van der Waals surface area contributed by atoms with Gasteiger partial charge in [0, 0.05) is 5.39 Å². The van der Waals surface area contributed by atoms with Crippen LogP contribution in [0.15, 0.2) is 53.1 Å². The zero-order valence-corrected chi connectivity index (χ0v) is 11.9. The topological polar surface area (TPSA) is 52.0 Å². The van der Waals surface area contributed by atoms with Crippen molar-refractivity contribution in [3.8, 4) is 11.1 Å². The summed E-state index contributed by atoms with van der Waals surface area (Å²) in [5, 5.41) is 5.23. The number of aromatic nitrogens is 1. The van der Waals surface area contributed by atoms with Gasteiger partial charge in [-0.25, -0.2) is 0 Å². The fourth-order valence-corrected chi connectivity index (χ4v) is 2.25. The fraction of sp³-hybridized carbons (Fsp3) is 0.188. The van der Waals surface area contributed by atoms with Gasteiger partial charge in [-0.15, -0.1) is 12.4 Å². The highest BCUT2D eigenvalue weighted by Gasteiger charge is 2.09. The number of aryl methyl sites for hydroxylation is 1. The van der Waals surface area contributed by atoms with E-state index in [0.717, 1.165) is 29.5 Å². The van der Waals surface area contributed by atoms with Crippen LogP contribution < -0.4 is 5.73 Å². The summed E-state index contributed by atoms with van der Waals surface area (Å²) in [6, 6.07) is 16.5. The van der Waals surface area contributed by atoms with Crippen LogP contribution in [0.1, 0.15) is 12.1 Å². The second-order valence-electron chi connectivity index (χ2n) is 4.60. The Bertz CT molecular complexity index is 679. The first-order valence-corrected chi connectivity index (χ1v) is 6.52. The number of benzene rings is 2. The third kappa shape index (κ3) is 2.84. The van der Waals surface area contributed by atoms with E-state index in [4.69, 9.17) is 10.3 Å². The average Bonchev–Trinajstić information content (AvgIpc) is 2.88. The lowest BCUT2D eigenvalue weighted by Gasteiger charge is -2.01. The van der Waals surface area contributed by atoms with Crippen LogP contribution in [-0.2, 0) is 6.42 Å². The number of nitrogens with zero attached hydrogens (tertiary/aromatic N) is 1. The van der Waals surface area contributed by atoms with Gasteiger partial charge < -0.3 is 10.3 Å². The van der Waals surface area contributed by atoms with Crippen LogP contribution in [0, 0.1) is 0 Å². The minimum absolute atomic E-state index is 0. The van der Waals surface area contributed by atoms with Crippen molar-refractivity contribution in [1.29, 1.82) is 0 Å². The molecule has 0 unspecified atom stereocenters. The van der Waals surface area contributed by atoms with Gasteiger partial charge in [-0.1, -0.05) is 41.6 Å². The predicted octanol–water partition coefficient (Wildman–Crippen LogP) is 3.81. The monoisotopic (exact) mass is 288 g/mol. The molecule has 3 nitrogen and oxygen atoms in total. The molecule has 104 valence electrons. The minimum atomic E-state index is 0. The molecule has 2 aromatic carbocycles. The smallest absolute Gasteiger partial charge is 0.167 e. The van der Waals surface area contributed by atoms with Crippen LogP contribution in [0.4, 0.5) is 0 Å². The van der Waals surface area contributed by atoms with E-state index in [9.17, 15) is 0 Å². The fourth-order valence-electron chi connectivity index (χ4n) is 2.25. The highest BCUT2D eigenvalue weighted by atomic mass is 35.5. The number of rotatable bonds is 4. The number of nitrogens with two attached hydrogens (primary N) is 1. The van der Waals surface area contributed by atoms with E-state index in [-0.39, 0.29) is 12.4 Å². The minimum Gasteiger partial charge on any atom is -0.356 e. The second kappa shape index (κ2) is 6.55.